The number of rotatable bonds is 4. The van der Waals surface area contributed by atoms with Crippen molar-refractivity contribution in [2.24, 2.45) is 5.73 Å². The summed E-state index contributed by atoms with van der Waals surface area (Å²) in [6, 6.07) is 0. The van der Waals surface area contributed by atoms with Crippen LogP contribution in [0.5, 0.6) is 0 Å². The molecule has 0 unspecified atom stereocenters. The van der Waals surface area contributed by atoms with Gasteiger partial charge >= 0.3 is 0 Å². The van der Waals surface area contributed by atoms with Gasteiger partial charge in [-0.05, 0) is 32.1 Å². The van der Waals surface area contributed by atoms with Crippen LogP contribution in [0.15, 0.2) is 11.2 Å². The van der Waals surface area contributed by atoms with Crippen molar-refractivity contribution in [2.45, 2.75) is 55.6 Å². The van der Waals surface area contributed by atoms with Crippen LogP contribution in [0.2, 0.25) is 0 Å². The highest BCUT2D eigenvalue weighted by atomic mass is 32.2. The molecule has 1 aromatic heterocycles. The molecule has 0 radical (unpaired) electrons. The number of sulfonamides is 1. The third kappa shape index (κ3) is 2.54. The molecular weight excluding hydrogens is 264 g/mol. The number of hydrogen-bond acceptors (Lipinski definition) is 4. The highest BCUT2D eigenvalue weighted by molar-refractivity contribution is 7.89. The quantitative estimate of drug-likeness (QED) is 0.836. The first kappa shape index (κ1) is 13.1. The summed E-state index contributed by atoms with van der Waals surface area (Å²) in [6.07, 6.45) is 7.51. The van der Waals surface area contributed by atoms with Crippen LogP contribution in [0.25, 0.3) is 0 Å². The van der Waals surface area contributed by atoms with Crippen molar-refractivity contribution in [3.63, 3.8) is 0 Å². The van der Waals surface area contributed by atoms with E-state index in [9.17, 15) is 8.42 Å². The summed E-state index contributed by atoms with van der Waals surface area (Å²) in [5.74, 6) is 0.873. The van der Waals surface area contributed by atoms with Gasteiger partial charge < -0.3 is 10.3 Å². The van der Waals surface area contributed by atoms with Gasteiger partial charge in [-0.2, -0.15) is 0 Å². The summed E-state index contributed by atoms with van der Waals surface area (Å²) in [4.78, 5) is 4.24. The van der Waals surface area contributed by atoms with Gasteiger partial charge in [-0.3, -0.25) is 0 Å². The van der Waals surface area contributed by atoms with Crippen LogP contribution in [0.4, 0.5) is 0 Å². The molecule has 3 N–H and O–H groups in total. The van der Waals surface area contributed by atoms with Crippen molar-refractivity contribution in [2.75, 3.05) is 6.54 Å². The Bertz CT molecular complexity index is 551. The Labute approximate surface area is 113 Å². The number of fused-ring (bicyclic) bond motifs is 1. The van der Waals surface area contributed by atoms with E-state index in [1.807, 2.05) is 4.57 Å². The molecule has 0 bridgehead atoms. The molecule has 1 aromatic rings. The Hall–Kier alpha value is -0.920. The normalized spacial score (nSPS) is 21.7. The number of aromatic nitrogens is 2. The number of aryl methyl sites for hydroxylation is 2. The van der Waals surface area contributed by atoms with Crippen LogP contribution in [0, 0.1) is 0 Å². The van der Waals surface area contributed by atoms with Gasteiger partial charge in [0.2, 0.25) is 0 Å². The molecule has 0 atom stereocenters. The van der Waals surface area contributed by atoms with Crippen molar-refractivity contribution < 1.29 is 8.42 Å². The zero-order valence-corrected chi connectivity index (χ0v) is 11.7. The minimum atomic E-state index is -3.53. The Morgan fingerprint density at radius 1 is 1.37 bits per heavy atom. The van der Waals surface area contributed by atoms with E-state index in [4.69, 9.17) is 5.73 Å². The first-order chi connectivity index (χ1) is 8.99. The standard InChI is InChI=1S/C12H20N4O2S/c13-12(5-3-6-12)9-14-19(17,18)11-8-16-7-2-1-4-10(16)15-11/h8,14H,1-7,9,13H2. The van der Waals surface area contributed by atoms with Gasteiger partial charge in [0.1, 0.15) is 5.82 Å². The molecule has 0 saturated heterocycles. The minimum Gasteiger partial charge on any atom is -0.333 e. The van der Waals surface area contributed by atoms with Gasteiger partial charge in [-0.15, -0.1) is 0 Å². The van der Waals surface area contributed by atoms with E-state index in [-0.39, 0.29) is 10.6 Å². The molecule has 1 fully saturated rings. The van der Waals surface area contributed by atoms with Gasteiger partial charge in [0, 0.05) is 31.2 Å². The topological polar surface area (TPSA) is 90.0 Å². The molecule has 1 saturated carbocycles. The zero-order valence-electron chi connectivity index (χ0n) is 10.9. The summed E-state index contributed by atoms with van der Waals surface area (Å²) in [5, 5.41) is 0.132. The molecule has 1 aliphatic heterocycles. The van der Waals surface area contributed by atoms with E-state index in [1.165, 1.54) is 0 Å². The largest absolute Gasteiger partial charge is 0.333 e. The maximum atomic E-state index is 12.2. The van der Waals surface area contributed by atoms with E-state index in [1.54, 1.807) is 6.20 Å². The molecule has 0 amide bonds. The van der Waals surface area contributed by atoms with E-state index in [0.29, 0.717) is 6.54 Å². The van der Waals surface area contributed by atoms with E-state index in [2.05, 4.69) is 9.71 Å². The fourth-order valence-electron chi connectivity index (χ4n) is 2.64. The molecule has 106 valence electrons. The van der Waals surface area contributed by atoms with Gasteiger partial charge in [-0.1, -0.05) is 0 Å². The molecule has 19 heavy (non-hydrogen) atoms. The lowest BCUT2D eigenvalue weighted by molar-refractivity contribution is 0.251. The van der Waals surface area contributed by atoms with E-state index >= 15 is 0 Å². The Morgan fingerprint density at radius 2 is 2.16 bits per heavy atom. The summed E-state index contributed by atoms with van der Waals surface area (Å²) >= 11 is 0. The van der Waals surface area contributed by atoms with Crippen molar-refractivity contribution in [1.29, 1.82) is 0 Å². The lowest BCUT2D eigenvalue weighted by atomic mass is 9.78. The predicted molar refractivity (Wildman–Crippen MR) is 71.1 cm³/mol. The van der Waals surface area contributed by atoms with Crippen LogP contribution in [0.3, 0.4) is 0 Å². The molecule has 7 heteroatoms. The Balaban J connectivity index is 1.74. The van der Waals surface area contributed by atoms with E-state index in [0.717, 1.165) is 50.9 Å². The van der Waals surface area contributed by atoms with Crippen LogP contribution >= 0.6 is 0 Å². The van der Waals surface area contributed by atoms with Crippen LogP contribution in [-0.4, -0.2) is 30.1 Å². The number of nitrogens with zero attached hydrogens (tertiary/aromatic N) is 2. The molecule has 0 spiro atoms. The first-order valence-corrected chi connectivity index (χ1v) is 8.32. The zero-order chi connectivity index (χ0) is 13.5. The number of nitrogens with one attached hydrogen (secondary N) is 1. The maximum absolute atomic E-state index is 12.2. The first-order valence-electron chi connectivity index (χ1n) is 6.83. The number of imidazole rings is 1. The predicted octanol–water partition coefficient (Wildman–Crippen LogP) is 0.379. The summed E-state index contributed by atoms with van der Waals surface area (Å²) in [5.41, 5.74) is 5.68. The summed E-state index contributed by atoms with van der Waals surface area (Å²) in [6.45, 7) is 1.16. The molecule has 3 rings (SSSR count). The highest BCUT2D eigenvalue weighted by Gasteiger charge is 2.34. The van der Waals surface area contributed by atoms with Gasteiger partial charge in [0.05, 0.1) is 0 Å². The molecule has 6 nitrogen and oxygen atoms in total. The average molecular weight is 284 g/mol. The molecular formula is C12H20N4O2S. The third-order valence-corrected chi connectivity index (χ3v) is 5.40. The summed E-state index contributed by atoms with van der Waals surface area (Å²) in [7, 11) is -3.53. The van der Waals surface area contributed by atoms with Crippen molar-refractivity contribution in [3.05, 3.63) is 12.0 Å². The van der Waals surface area contributed by atoms with Crippen molar-refractivity contribution in [3.8, 4) is 0 Å². The lowest BCUT2D eigenvalue weighted by Gasteiger charge is -2.37. The Morgan fingerprint density at radius 3 is 2.79 bits per heavy atom. The smallest absolute Gasteiger partial charge is 0.259 e. The Kier molecular flexibility index (Phi) is 3.15. The van der Waals surface area contributed by atoms with Crippen LogP contribution in [-0.2, 0) is 23.0 Å². The monoisotopic (exact) mass is 284 g/mol. The van der Waals surface area contributed by atoms with Crippen molar-refractivity contribution in [1.82, 2.24) is 14.3 Å². The van der Waals surface area contributed by atoms with Crippen LogP contribution < -0.4 is 10.5 Å². The molecule has 0 aromatic carbocycles. The van der Waals surface area contributed by atoms with Crippen molar-refractivity contribution >= 4 is 10.0 Å². The SMILES string of the molecule is NC1(CNS(=O)(=O)c2cn3c(n2)CCCC3)CCC1. The number of hydrogen-bond donors (Lipinski definition) is 2. The second kappa shape index (κ2) is 4.57. The molecule has 2 heterocycles. The minimum absolute atomic E-state index is 0.132. The van der Waals surface area contributed by atoms with Gasteiger partial charge in [0.25, 0.3) is 10.0 Å². The molecule has 1 aliphatic carbocycles. The number of nitrogens with two attached hydrogens (primary N) is 1. The molecule has 2 aliphatic rings. The highest BCUT2D eigenvalue weighted by Crippen LogP contribution is 2.28. The third-order valence-electron chi connectivity index (χ3n) is 4.13. The van der Waals surface area contributed by atoms with Crippen LogP contribution in [0.1, 0.15) is 37.9 Å². The average Bonchev–Trinajstić information content (AvgIpc) is 2.79. The maximum Gasteiger partial charge on any atom is 0.259 e. The van der Waals surface area contributed by atoms with Gasteiger partial charge in [-0.25, -0.2) is 18.1 Å². The lowest BCUT2D eigenvalue weighted by Crippen LogP contribution is -2.54. The van der Waals surface area contributed by atoms with E-state index < -0.39 is 10.0 Å². The van der Waals surface area contributed by atoms with Gasteiger partial charge in [0.15, 0.2) is 5.03 Å². The second-order valence-corrected chi connectivity index (χ2v) is 7.40. The fourth-order valence-corrected chi connectivity index (χ4v) is 3.75. The summed E-state index contributed by atoms with van der Waals surface area (Å²) < 4.78 is 28.9. The fraction of sp³-hybridized carbons (Fsp3) is 0.750. The second-order valence-electron chi connectivity index (χ2n) is 5.69.